The van der Waals surface area contributed by atoms with E-state index in [0.29, 0.717) is 0 Å². The Kier molecular flexibility index (Phi) is 1.63. The second kappa shape index (κ2) is 2.77. The maximum Gasteiger partial charge on any atom is 0.128 e. The Bertz CT molecular complexity index is 395. The second-order valence-electron chi connectivity index (χ2n) is 2.45. The summed E-state index contributed by atoms with van der Waals surface area (Å²) >= 11 is 0. The SMILES string of the molecule is COc1cccc2cnncc12. The molecule has 12 heavy (non-hydrogen) atoms. The highest BCUT2D eigenvalue weighted by Gasteiger charge is 1.98. The van der Waals surface area contributed by atoms with Crippen LogP contribution in [0.1, 0.15) is 0 Å². The molecule has 0 unspecified atom stereocenters. The van der Waals surface area contributed by atoms with Crippen molar-refractivity contribution >= 4 is 10.8 Å². The minimum atomic E-state index is 0.836. The van der Waals surface area contributed by atoms with Crippen LogP contribution in [-0.4, -0.2) is 17.3 Å². The van der Waals surface area contributed by atoms with Crippen LogP contribution < -0.4 is 4.74 Å². The summed E-state index contributed by atoms with van der Waals surface area (Å²) in [5, 5.41) is 9.62. The molecule has 2 rings (SSSR count). The van der Waals surface area contributed by atoms with Crippen molar-refractivity contribution in [2.24, 2.45) is 0 Å². The topological polar surface area (TPSA) is 35.0 Å². The molecule has 3 heteroatoms. The van der Waals surface area contributed by atoms with Crippen LogP contribution in [0.2, 0.25) is 0 Å². The van der Waals surface area contributed by atoms with Gasteiger partial charge in [0.2, 0.25) is 0 Å². The Morgan fingerprint density at radius 3 is 2.83 bits per heavy atom. The van der Waals surface area contributed by atoms with Crippen LogP contribution >= 0.6 is 0 Å². The van der Waals surface area contributed by atoms with Crippen LogP contribution in [-0.2, 0) is 0 Å². The number of benzene rings is 1. The molecule has 0 saturated heterocycles. The molecule has 0 spiro atoms. The molecule has 3 nitrogen and oxygen atoms in total. The number of fused-ring (bicyclic) bond motifs is 1. The van der Waals surface area contributed by atoms with Crippen LogP contribution in [0, 0.1) is 0 Å². The Hall–Kier alpha value is -1.64. The maximum absolute atomic E-state index is 5.16. The Balaban J connectivity index is 2.79. The first-order chi connectivity index (χ1) is 5.92. The van der Waals surface area contributed by atoms with Crippen molar-refractivity contribution in [1.82, 2.24) is 10.2 Å². The largest absolute Gasteiger partial charge is 0.496 e. The molecule has 0 bridgehead atoms. The molecule has 1 aromatic heterocycles. The smallest absolute Gasteiger partial charge is 0.128 e. The maximum atomic E-state index is 5.16. The number of nitrogens with zero attached hydrogens (tertiary/aromatic N) is 2. The molecular weight excluding hydrogens is 152 g/mol. The van der Waals surface area contributed by atoms with Gasteiger partial charge in [-0.2, -0.15) is 10.2 Å². The van der Waals surface area contributed by atoms with E-state index in [0.717, 1.165) is 16.5 Å². The Morgan fingerprint density at radius 1 is 1.17 bits per heavy atom. The molecule has 1 heterocycles. The van der Waals surface area contributed by atoms with Crippen LogP contribution in [0.4, 0.5) is 0 Å². The van der Waals surface area contributed by atoms with Crippen molar-refractivity contribution in [3.63, 3.8) is 0 Å². The number of aromatic nitrogens is 2. The summed E-state index contributed by atoms with van der Waals surface area (Å²) in [4.78, 5) is 0. The van der Waals surface area contributed by atoms with Gasteiger partial charge in [0.15, 0.2) is 0 Å². The highest BCUT2D eigenvalue weighted by Crippen LogP contribution is 2.22. The molecule has 0 atom stereocenters. The standard InChI is InChI=1S/C9H8N2O/c1-12-9-4-2-3-7-5-10-11-6-8(7)9/h2-6H,1H3. The van der Waals surface area contributed by atoms with Gasteiger partial charge in [0.1, 0.15) is 5.75 Å². The van der Waals surface area contributed by atoms with E-state index in [9.17, 15) is 0 Å². The highest BCUT2D eigenvalue weighted by molar-refractivity contribution is 5.86. The number of hydrogen-bond donors (Lipinski definition) is 0. The zero-order chi connectivity index (χ0) is 8.39. The summed E-state index contributed by atoms with van der Waals surface area (Å²) in [5.74, 6) is 0.836. The third-order valence-corrected chi connectivity index (χ3v) is 1.77. The monoisotopic (exact) mass is 160 g/mol. The summed E-state index contributed by atoms with van der Waals surface area (Å²) in [5.41, 5.74) is 0. The first-order valence-electron chi connectivity index (χ1n) is 3.65. The molecule has 60 valence electrons. The lowest BCUT2D eigenvalue weighted by molar-refractivity contribution is 0.419. The fourth-order valence-corrected chi connectivity index (χ4v) is 1.18. The van der Waals surface area contributed by atoms with E-state index in [-0.39, 0.29) is 0 Å². The first-order valence-corrected chi connectivity index (χ1v) is 3.65. The van der Waals surface area contributed by atoms with E-state index in [1.54, 1.807) is 19.5 Å². The molecule has 0 aliphatic rings. The number of hydrogen-bond acceptors (Lipinski definition) is 3. The van der Waals surface area contributed by atoms with E-state index in [2.05, 4.69) is 10.2 Å². The van der Waals surface area contributed by atoms with Crippen molar-refractivity contribution in [2.75, 3.05) is 7.11 Å². The fraction of sp³-hybridized carbons (Fsp3) is 0.111. The van der Waals surface area contributed by atoms with E-state index < -0.39 is 0 Å². The van der Waals surface area contributed by atoms with Crippen LogP contribution in [0.25, 0.3) is 10.8 Å². The first kappa shape index (κ1) is 7.03. The number of ether oxygens (including phenoxy) is 1. The van der Waals surface area contributed by atoms with Crippen molar-refractivity contribution in [3.8, 4) is 5.75 Å². The minimum Gasteiger partial charge on any atom is -0.496 e. The van der Waals surface area contributed by atoms with Crippen LogP contribution in [0.15, 0.2) is 30.6 Å². The van der Waals surface area contributed by atoms with E-state index in [1.165, 1.54) is 0 Å². The van der Waals surface area contributed by atoms with E-state index in [1.807, 2.05) is 18.2 Å². The summed E-state index contributed by atoms with van der Waals surface area (Å²) in [6, 6.07) is 5.82. The molecule has 0 fully saturated rings. The van der Waals surface area contributed by atoms with Crippen LogP contribution in [0.3, 0.4) is 0 Å². The Labute approximate surface area is 70.0 Å². The van der Waals surface area contributed by atoms with Crippen molar-refractivity contribution < 1.29 is 4.74 Å². The van der Waals surface area contributed by atoms with E-state index >= 15 is 0 Å². The second-order valence-corrected chi connectivity index (χ2v) is 2.45. The molecular formula is C9H8N2O. The lowest BCUT2D eigenvalue weighted by Crippen LogP contribution is -1.86. The van der Waals surface area contributed by atoms with Gasteiger partial charge in [0, 0.05) is 10.8 Å². The molecule has 0 saturated carbocycles. The predicted molar refractivity (Wildman–Crippen MR) is 46.1 cm³/mol. The van der Waals surface area contributed by atoms with Gasteiger partial charge in [-0.15, -0.1) is 0 Å². The van der Waals surface area contributed by atoms with Crippen molar-refractivity contribution in [1.29, 1.82) is 0 Å². The van der Waals surface area contributed by atoms with Gasteiger partial charge < -0.3 is 4.74 Å². The summed E-state index contributed by atoms with van der Waals surface area (Å²) in [6.07, 6.45) is 3.42. The quantitative estimate of drug-likeness (QED) is 0.636. The molecule has 0 aliphatic carbocycles. The summed E-state index contributed by atoms with van der Waals surface area (Å²) < 4.78 is 5.16. The van der Waals surface area contributed by atoms with Gasteiger partial charge in [-0.3, -0.25) is 0 Å². The van der Waals surface area contributed by atoms with Gasteiger partial charge in [0.25, 0.3) is 0 Å². The average molecular weight is 160 g/mol. The zero-order valence-electron chi connectivity index (χ0n) is 6.69. The van der Waals surface area contributed by atoms with Crippen molar-refractivity contribution in [3.05, 3.63) is 30.6 Å². The predicted octanol–water partition coefficient (Wildman–Crippen LogP) is 1.64. The van der Waals surface area contributed by atoms with Gasteiger partial charge in [-0.05, 0) is 6.07 Å². The third kappa shape index (κ3) is 0.993. The number of rotatable bonds is 1. The van der Waals surface area contributed by atoms with Crippen molar-refractivity contribution in [2.45, 2.75) is 0 Å². The lowest BCUT2D eigenvalue weighted by atomic mass is 10.2. The molecule has 1 aromatic carbocycles. The molecule has 0 amide bonds. The summed E-state index contributed by atoms with van der Waals surface area (Å²) in [6.45, 7) is 0. The lowest BCUT2D eigenvalue weighted by Gasteiger charge is -2.02. The molecule has 0 N–H and O–H groups in total. The molecule has 0 aliphatic heterocycles. The van der Waals surface area contributed by atoms with Gasteiger partial charge in [-0.1, -0.05) is 12.1 Å². The normalized spacial score (nSPS) is 10.1. The summed E-state index contributed by atoms with van der Waals surface area (Å²) in [7, 11) is 1.65. The van der Waals surface area contributed by atoms with Crippen LogP contribution in [0.5, 0.6) is 5.75 Å². The number of methoxy groups -OCH3 is 1. The molecule has 2 aromatic rings. The highest BCUT2D eigenvalue weighted by atomic mass is 16.5. The molecule has 0 radical (unpaired) electrons. The van der Waals surface area contributed by atoms with E-state index in [4.69, 9.17) is 4.74 Å². The third-order valence-electron chi connectivity index (χ3n) is 1.77. The average Bonchev–Trinajstić information content (AvgIpc) is 2.17. The Morgan fingerprint density at radius 2 is 2.00 bits per heavy atom. The van der Waals surface area contributed by atoms with Gasteiger partial charge in [0.05, 0.1) is 19.5 Å². The fourth-order valence-electron chi connectivity index (χ4n) is 1.18. The van der Waals surface area contributed by atoms with Gasteiger partial charge in [-0.25, -0.2) is 0 Å². The van der Waals surface area contributed by atoms with Gasteiger partial charge >= 0.3 is 0 Å². The zero-order valence-corrected chi connectivity index (χ0v) is 6.69. The minimum absolute atomic E-state index is 0.836.